The van der Waals surface area contributed by atoms with Gasteiger partial charge in [-0.15, -0.1) is 0 Å². The molecule has 0 amide bonds. The van der Waals surface area contributed by atoms with Crippen LogP contribution in [0, 0.1) is 10.5 Å². The zero-order valence-corrected chi connectivity index (χ0v) is 18.8. The number of phosphoric ester groups is 1. The second-order valence-corrected chi connectivity index (χ2v) is 11.0. The molecule has 1 fully saturated rings. The molecule has 0 spiro atoms. The maximum absolute atomic E-state index is 14.9. The molecule has 0 radical (unpaired) electrons. The van der Waals surface area contributed by atoms with Gasteiger partial charge in [-0.3, -0.25) is 14.1 Å². The summed E-state index contributed by atoms with van der Waals surface area (Å²) in [5.41, 5.74) is -5.85. The summed E-state index contributed by atoms with van der Waals surface area (Å²) in [5.74, 6) is -1.41. The third-order valence-corrected chi connectivity index (χ3v) is 7.82. The second-order valence-electron chi connectivity index (χ2n) is 6.21. The SMILES string of the molecule is O=c1[nH]c(=S)c(F)cn1[C@@H]1O[C@H](COP(=O)(O)OP(=O)(O)OP(=O)(O)O)C[C@]1(F)C(F)(F)F. The first kappa shape index (κ1) is 28.4. The van der Waals surface area contributed by atoms with Crippen molar-refractivity contribution in [3.05, 3.63) is 27.1 Å². The van der Waals surface area contributed by atoms with Gasteiger partial charge in [0, 0.05) is 6.42 Å². The van der Waals surface area contributed by atoms with Gasteiger partial charge < -0.3 is 24.3 Å². The molecule has 190 valence electrons. The van der Waals surface area contributed by atoms with Gasteiger partial charge in [0.2, 0.25) is 0 Å². The summed E-state index contributed by atoms with van der Waals surface area (Å²) in [6.45, 7) is -1.44. The standard InChI is InChI=1S/C10H12F5N2O12P3S/c11-5-2-17(8(18)16-6(5)33)7-9(12,10(13,14)15)1-4(27-7)3-26-31(22,23)29-32(24,25)28-30(19,20)21/h2,4,7H,1,3H2,(H,22,23)(H,24,25)(H,16,18,33)(H2,19,20,21)/t4-,7+,9+/m0/s1. The molecule has 0 aliphatic carbocycles. The van der Waals surface area contributed by atoms with Crippen LogP contribution < -0.4 is 5.69 Å². The normalized spacial score (nSPS) is 27.8. The summed E-state index contributed by atoms with van der Waals surface area (Å²) in [6.07, 6.45) is -12.2. The molecule has 23 heteroatoms. The lowest BCUT2D eigenvalue weighted by Crippen LogP contribution is -2.48. The number of aromatic nitrogens is 2. The highest BCUT2D eigenvalue weighted by Crippen LogP contribution is 2.66. The van der Waals surface area contributed by atoms with Crippen LogP contribution in [0.4, 0.5) is 22.0 Å². The Labute approximate surface area is 183 Å². The van der Waals surface area contributed by atoms with Crippen LogP contribution in [0.25, 0.3) is 0 Å². The lowest BCUT2D eigenvalue weighted by Gasteiger charge is -2.28. The van der Waals surface area contributed by atoms with Gasteiger partial charge in [-0.1, -0.05) is 12.2 Å². The number of nitrogens with one attached hydrogen (secondary N) is 1. The molecule has 2 unspecified atom stereocenters. The van der Waals surface area contributed by atoms with Crippen LogP contribution in [0.15, 0.2) is 11.0 Å². The molecule has 0 saturated carbocycles. The van der Waals surface area contributed by atoms with Gasteiger partial charge in [0.05, 0.1) is 18.9 Å². The molecule has 0 aromatic carbocycles. The van der Waals surface area contributed by atoms with Crippen LogP contribution in [0.3, 0.4) is 0 Å². The third-order valence-electron chi connectivity index (χ3n) is 3.73. The van der Waals surface area contributed by atoms with Crippen LogP contribution in [-0.4, -0.2) is 53.7 Å². The molecule has 14 nitrogen and oxygen atoms in total. The third kappa shape index (κ3) is 7.06. The molecular weight excluding hydrogens is 560 g/mol. The second kappa shape index (κ2) is 9.29. The number of rotatable bonds is 8. The number of H-pyrrole nitrogens is 1. The number of ether oxygens (including phenoxy) is 1. The predicted octanol–water partition coefficient (Wildman–Crippen LogP) is 1.95. The minimum Gasteiger partial charge on any atom is -0.348 e. The van der Waals surface area contributed by atoms with Crippen molar-refractivity contribution in [1.29, 1.82) is 0 Å². The molecule has 1 aromatic heterocycles. The van der Waals surface area contributed by atoms with Crippen LogP contribution in [-0.2, 0) is 31.6 Å². The van der Waals surface area contributed by atoms with Gasteiger partial charge in [-0.05, 0) is 0 Å². The fourth-order valence-electron chi connectivity index (χ4n) is 2.53. The van der Waals surface area contributed by atoms with E-state index in [0.29, 0.717) is 0 Å². The molecule has 33 heavy (non-hydrogen) atoms. The van der Waals surface area contributed by atoms with E-state index < -0.39 is 76.8 Å². The van der Waals surface area contributed by atoms with Gasteiger partial charge in [-0.2, -0.15) is 21.8 Å². The number of aromatic amines is 1. The summed E-state index contributed by atoms with van der Waals surface area (Å²) in [7, 11) is -17.4. The Morgan fingerprint density at radius 3 is 2.30 bits per heavy atom. The predicted molar refractivity (Wildman–Crippen MR) is 94.1 cm³/mol. The first-order valence-electron chi connectivity index (χ1n) is 7.86. The van der Waals surface area contributed by atoms with E-state index in [1.165, 1.54) is 0 Å². The summed E-state index contributed by atoms with van der Waals surface area (Å²) in [6, 6.07) is 0. The van der Waals surface area contributed by atoms with Gasteiger partial charge in [0.25, 0.3) is 5.67 Å². The number of hydrogen-bond donors (Lipinski definition) is 5. The Kier molecular flexibility index (Phi) is 7.99. The average molecular weight is 572 g/mol. The summed E-state index contributed by atoms with van der Waals surface area (Å²) < 4.78 is 117. The Morgan fingerprint density at radius 2 is 1.79 bits per heavy atom. The summed E-state index contributed by atoms with van der Waals surface area (Å²) in [5, 5.41) is 0. The maximum Gasteiger partial charge on any atom is 0.490 e. The molecule has 2 rings (SSSR count). The topological polar surface area (TPSA) is 207 Å². The Morgan fingerprint density at radius 1 is 1.21 bits per heavy atom. The van der Waals surface area contributed by atoms with Crippen LogP contribution in [0.5, 0.6) is 0 Å². The highest BCUT2D eigenvalue weighted by Gasteiger charge is 2.67. The van der Waals surface area contributed by atoms with E-state index in [2.05, 4.69) is 25.4 Å². The molecule has 2 heterocycles. The van der Waals surface area contributed by atoms with E-state index in [1.807, 2.05) is 0 Å². The van der Waals surface area contributed by atoms with E-state index in [4.69, 9.17) is 19.4 Å². The van der Waals surface area contributed by atoms with E-state index >= 15 is 0 Å². The van der Waals surface area contributed by atoms with Crippen molar-refractivity contribution >= 4 is 35.7 Å². The molecule has 5 atom stereocenters. The van der Waals surface area contributed by atoms with E-state index in [9.17, 15) is 45.3 Å². The minimum atomic E-state index is -5.92. The van der Waals surface area contributed by atoms with Gasteiger partial charge in [-0.25, -0.2) is 27.3 Å². The first-order valence-corrected chi connectivity index (χ1v) is 12.8. The molecular formula is C10H12F5N2O12P3S. The molecule has 5 N–H and O–H groups in total. The Balaban J connectivity index is 2.25. The molecule has 1 aromatic rings. The average Bonchev–Trinajstić information content (AvgIpc) is 2.91. The molecule has 1 saturated heterocycles. The maximum atomic E-state index is 14.9. The van der Waals surface area contributed by atoms with Crippen molar-refractivity contribution in [2.24, 2.45) is 0 Å². The molecule has 1 aliphatic heterocycles. The fourth-order valence-corrected chi connectivity index (χ4v) is 5.72. The highest BCUT2D eigenvalue weighted by molar-refractivity contribution is 7.71. The number of phosphoric acid groups is 3. The first-order chi connectivity index (χ1) is 14.7. The van der Waals surface area contributed by atoms with Crippen molar-refractivity contribution in [3.8, 4) is 0 Å². The fraction of sp³-hybridized carbons (Fsp3) is 0.600. The van der Waals surface area contributed by atoms with Gasteiger partial charge >= 0.3 is 35.3 Å². The smallest absolute Gasteiger partial charge is 0.348 e. The van der Waals surface area contributed by atoms with Crippen LogP contribution >= 0.6 is 35.7 Å². The van der Waals surface area contributed by atoms with Crippen molar-refractivity contribution in [3.63, 3.8) is 0 Å². The van der Waals surface area contributed by atoms with Gasteiger partial charge in [0.1, 0.15) is 4.64 Å². The zero-order chi connectivity index (χ0) is 25.6. The molecule has 0 bridgehead atoms. The Bertz CT molecular complexity index is 1170. The summed E-state index contributed by atoms with van der Waals surface area (Å²) >= 11 is 4.39. The van der Waals surface area contributed by atoms with Gasteiger partial charge in [0.15, 0.2) is 12.0 Å². The zero-order valence-electron chi connectivity index (χ0n) is 15.3. The highest BCUT2D eigenvalue weighted by atomic mass is 32.1. The van der Waals surface area contributed by atoms with Crippen molar-refractivity contribution in [1.82, 2.24) is 9.55 Å². The van der Waals surface area contributed by atoms with E-state index in [0.717, 1.165) is 0 Å². The van der Waals surface area contributed by atoms with Crippen LogP contribution in [0.2, 0.25) is 0 Å². The number of nitrogens with zero attached hydrogens (tertiary/aromatic N) is 1. The van der Waals surface area contributed by atoms with Crippen LogP contribution in [0.1, 0.15) is 12.6 Å². The van der Waals surface area contributed by atoms with E-state index in [-0.39, 0.29) is 10.8 Å². The summed E-state index contributed by atoms with van der Waals surface area (Å²) in [4.78, 5) is 48.7. The number of hydrogen-bond acceptors (Lipinski definition) is 9. The number of halogens is 5. The number of alkyl halides is 4. The monoisotopic (exact) mass is 572 g/mol. The largest absolute Gasteiger partial charge is 0.490 e. The minimum absolute atomic E-state index is 0.135. The van der Waals surface area contributed by atoms with Crippen molar-refractivity contribution in [2.75, 3.05) is 6.61 Å². The lowest BCUT2D eigenvalue weighted by molar-refractivity contribution is -0.257. The Hall–Kier alpha value is -0.880. The van der Waals surface area contributed by atoms with Crippen molar-refractivity contribution < 1.29 is 73.1 Å². The quantitative estimate of drug-likeness (QED) is 0.172. The molecule has 1 aliphatic rings. The lowest BCUT2D eigenvalue weighted by atomic mass is 9.99. The van der Waals surface area contributed by atoms with E-state index in [1.54, 1.807) is 4.98 Å². The van der Waals surface area contributed by atoms with Crippen molar-refractivity contribution in [2.45, 2.75) is 30.6 Å².